The fraction of sp³-hybridized carbons (Fsp3) is 0.304. The van der Waals surface area contributed by atoms with Crippen LogP contribution in [0.1, 0.15) is 24.1 Å². The lowest BCUT2D eigenvalue weighted by atomic mass is 9.96. The Kier molecular flexibility index (Phi) is 5.60. The van der Waals surface area contributed by atoms with Crippen LogP contribution in [0.5, 0.6) is 0 Å². The first-order valence-corrected chi connectivity index (χ1v) is 9.99. The van der Waals surface area contributed by atoms with E-state index in [0.29, 0.717) is 0 Å². The molecule has 1 saturated carbocycles. The van der Waals surface area contributed by atoms with Crippen LogP contribution in [0.3, 0.4) is 0 Å². The van der Waals surface area contributed by atoms with Gasteiger partial charge in [0.2, 0.25) is 0 Å². The molecule has 2 aromatic carbocycles. The van der Waals surface area contributed by atoms with E-state index < -0.39 is 0 Å². The normalized spacial score (nSPS) is 15.2. The Balaban J connectivity index is 1.26. The molecule has 1 aliphatic rings. The van der Waals surface area contributed by atoms with Crippen molar-refractivity contribution in [1.82, 2.24) is 20.4 Å². The molecule has 5 nitrogen and oxygen atoms in total. The van der Waals surface area contributed by atoms with Gasteiger partial charge in [-0.3, -0.25) is 4.99 Å². The number of nitrogens with zero attached hydrogens (tertiary/aromatic N) is 3. The standard InChI is InChI=1S/C23H26FN5/c1-25-22(27-17-23(13-14-23)18-5-3-2-4-6-18)26-15-11-20-12-16-29(28-20)21-9-7-19(24)8-10-21/h2-10,12,16H,11,13-15,17H2,1H3,(H2,25,26,27). The summed E-state index contributed by atoms with van der Waals surface area (Å²) in [6.07, 6.45) is 5.09. The lowest BCUT2D eigenvalue weighted by Gasteiger charge is -2.19. The molecule has 0 spiro atoms. The smallest absolute Gasteiger partial charge is 0.191 e. The number of aliphatic imine (C=N–C) groups is 1. The molecule has 1 aliphatic carbocycles. The third kappa shape index (κ3) is 4.65. The summed E-state index contributed by atoms with van der Waals surface area (Å²) < 4.78 is 14.8. The van der Waals surface area contributed by atoms with E-state index in [4.69, 9.17) is 0 Å². The van der Waals surface area contributed by atoms with Crippen molar-refractivity contribution in [2.24, 2.45) is 4.99 Å². The molecule has 4 rings (SSSR count). The van der Waals surface area contributed by atoms with Crippen molar-refractivity contribution >= 4 is 5.96 Å². The van der Waals surface area contributed by atoms with Crippen molar-refractivity contribution in [1.29, 1.82) is 0 Å². The van der Waals surface area contributed by atoms with Gasteiger partial charge in [0.05, 0.1) is 11.4 Å². The largest absolute Gasteiger partial charge is 0.356 e. The van der Waals surface area contributed by atoms with E-state index in [9.17, 15) is 4.39 Å². The Morgan fingerprint density at radius 1 is 1.07 bits per heavy atom. The summed E-state index contributed by atoms with van der Waals surface area (Å²) in [6.45, 7) is 1.62. The number of benzene rings is 2. The Labute approximate surface area is 170 Å². The van der Waals surface area contributed by atoms with Gasteiger partial charge in [-0.1, -0.05) is 30.3 Å². The van der Waals surface area contributed by atoms with Crippen LogP contribution in [0.4, 0.5) is 4.39 Å². The molecule has 0 bridgehead atoms. The molecule has 1 aromatic heterocycles. The Bertz CT molecular complexity index is 958. The van der Waals surface area contributed by atoms with Crippen LogP contribution in [-0.2, 0) is 11.8 Å². The van der Waals surface area contributed by atoms with E-state index in [1.165, 1.54) is 30.5 Å². The number of aromatic nitrogens is 2. The molecule has 6 heteroatoms. The first-order valence-electron chi connectivity index (χ1n) is 9.99. The number of guanidine groups is 1. The minimum atomic E-state index is -0.246. The van der Waals surface area contributed by atoms with Gasteiger partial charge in [0.25, 0.3) is 0 Å². The fourth-order valence-electron chi connectivity index (χ4n) is 3.53. The average Bonchev–Trinajstić information content (AvgIpc) is 3.41. The van der Waals surface area contributed by atoms with Crippen molar-refractivity contribution in [3.8, 4) is 5.69 Å². The number of nitrogens with one attached hydrogen (secondary N) is 2. The second kappa shape index (κ2) is 8.47. The molecule has 3 aromatic rings. The van der Waals surface area contributed by atoms with Gasteiger partial charge in [0.1, 0.15) is 5.82 Å². The molecule has 0 radical (unpaired) electrons. The number of hydrogen-bond acceptors (Lipinski definition) is 2. The second-order valence-electron chi connectivity index (χ2n) is 7.48. The molecule has 1 heterocycles. The van der Waals surface area contributed by atoms with Gasteiger partial charge >= 0.3 is 0 Å². The predicted octanol–water partition coefficient (Wildman–Crippen LogP) is 3.45. The van der Waals surface area contributed by atoms with Crippen LogP contribution >= 0.6 is 0 Å². The van der Waals surface area contributed by atoms with Crippen LogP contribution in [0, 0.1) is 5.82 Å². The van der Waals surface area contributed by atoms with Crippen LogP contribution in [0.25, 0.3) is 5.69 Å². The van der Waals surface area contributed by atoms with Gasteiger partial charge in [-0.15, -0.1) is 0 Å². The van der Waals surface area contributed by atoms with Gasteiger partial charge in [0, 0.05) is 38.2 Å². The van der Waals surface area contributed by atoms with E-state index >= 15 is 0 Å². The zero-order valence-electron chi connectivity index (χ0n) is 16.6. The average molecular weight is 391 g/mol. The molecular formula is C23H26FN5. The van der Waals surface area contributed by atoms with Crippen molar-refractivity contribution in [2.75, 3.05) is 20.1 Å². The fourth-order valence-corrected chi connectivity index (χ4v) is 3.53. The molecule has 0 unspecified atom stereocenters. The van der Waals surface area contributed by atoms with Gasteiger partial charge in [-0.2, -0.15) is 5.10 Å². The maximum atomic E-state index is 13.1. The molecule has 2 N–H and O–H groups in total. The highest BCUT2D eigenvalue weighted by atomic mass is 19.1. The second-order valence-corrected chi connectivity index (χ2v) is 7.48. The summed E-state index contributed by atoms with van der Waals surface area (Å²) >= 11 is 0. The van der Waals surface area contributed by atoms with E-state index in [2.05, 4.69) is 51.1 Å². The van der Waals surface area contributed by atoms with Crippen molar-refractivity contribution in [3.05, 3.63) is 83.9 Å². The van der Waals surface area contributed by atoms with Gasteiger partial charge in [-0.25, -0.2) is 9.07 Å². The molecule has 0 atom stereocenters. The minimum absolute atomic E-state index is 0.243. The molecule has 29 heavy (non-hydrogen) atoms. The first-order chi connectivity index (χ1) is 14.2. The van der Waals surface area contributed by atoms with Gasteiger partial charge in [-0.05, 0) is 48.7 Å². The molecule has 0 saturated heterocycles. The van der Waals surface area contributed by atoms with E-state index in [1.54, 1.807) is 23.9 Å². The van der Waals surface area contributed by atoms with Gasteiger partial charge in [0.15, 0.2) is 5.96 Å². The van der Waals surface area contributed by atoms with Gasteiger partial charge < -0.3 is 10.6 Å². The van der Waals surface area contributed by atoms with Crippen LogP contribution < -0.4 is 10.6 Å². The van der Waals surface area contributed by atoms with Crippen molar-refractivity contribution in [3.63, 3.8) is 0 Å². The monoisotopic (exact) mass is 391 g/mol. The third-order valence-electron chi connectivity index (χ3n) is 5.47. The van der Waals surface area contributed by atoms with Crippen LogP contribution in [0.2, 0.25) is 0 Å². The Morgan fingerprint density at radius 3 is 2.52 bits per heavy atom. The van der Waals surface area contributed by atoms with Crippen LogP contribution in [-0.4, -0.2) is 35.9 Å². The van der Waals surface area contributed by atoms with Crippen LogP contribution in [0.15, 0.2) is 71.9 Å². The number of rotatable bonds is 7. The number of halogens is 1. The van der Waals surface area contributed by atoms with E-state index in [0.717, 1.165) is 36.9 Å². The zero-order valence-corrected chi connectivity index (χ0v) is 16.6. The van der Waals surface area contributed by atoms with E-state index in [1.807, 2.05) is 12.3 Å². The third-order valence-corrected chi connectivity index (χ3v) is 5.47. The molecule has 1 fully saturated rings. The highest BCUT2D eigenvalue weighted by Gasteiger charge is 2.43. The zero-order chi connectivity index (χ0) is 20.1. The summed E-state index contributed by atoms with van der Waals surface area (Å²) in [5, 5.41) is 11.4. The van der Waals surface area contributed by atoms with Crippen molar-refractivity contribution < 1.29 is 4.39 Å². The molecule has 150 valence electrons. The minimum Gasteiger partial charge on any atom is -0.356 e. The molecular weight excluding hydrogens is 365 g/mol. The van der Waals surface area contributed by atoms with Crippen molar-refractivity contribution in [2.45, 2.75) is 24.7 Å². The SMILES string of the molecule is CN=C(NCCc1ccn(-c2ccc(F)cc2)n1)NCC1(c2ccccc2)CC1. The maximum absolute atomic E-state index is 13.1. The Hall–Kier alpha value is -3.15. The lowest BCUT2D eigenvalue weighted by molar-refractivity contribution is 0.627. The summed E-state index contributed by atoms with van der Waals surface area (Å²) in [5.41, 5.74) is 3.46. The predicted molar refractivity (Wildman–Crippen MR) is 114 cm³/mol. The topological polar surface area (TPSA) is 54.2 Å². The quantitative estimate of drug-likeness (QED) is 0.479. The lowest BCUT2D eigenvalue weighted by Crippen LogP contribution is -2.42. The summed E-state index contributed by atoms with van der Waals surface area (Å²) in [4.78, 5) is 4.34. The first kappa shape index (κ1) is 19.2. The molecule has 0 aliphatic heterocycles. The Morgan fingerprint density at radius 2 is 1.83 bits per heavy atom. The summed E-state index contributed by atoms with van der Waals surface area (Å²) in [5.74, 6) is 0.564. The highest BCUT2D eigenvalue weighted by molar-refractivity contribution is 5.79. The maximum Gasteiger partial charge on any atom is 0.191 e. The summed E-state index contributed by atoms with van der Waals surface area (Å²) in [7, 11) is 1.79. The number of hydrogen-bond donors (Lipinski definition) is 2. The van der Waals surface area contributed by atoms with E-state index in [-0.39, 0.29) is 11.2 Å². The summed E-state index contributed by atoms with van der Waals surface area (Å²) in [6, 6.07) is 19.0. The highest BCUT2D eigenvalue weighted by Crippen LogP contribution is 2.47. The molecule has 0 amide bonds.